The summed E-state index contributed by atoms with van der Waals surface area (Å²) < 4.78 is 13.4. The summed E-state index contributed by atoms with van der Waals surface area (Å²) in [7, 11) is 0. The molecule has 1 amide bonds. The molecule has 0 heterocycles. The van der Waals surface area contributed by atoms with Crippen LogP contribution in [0.15, 0.2) is 53.4 Å². The van der Waals surface area contributed by atoms with Crippen LogP contribution in [0.25, 0.3) is 0 Å². The fourth-order valence-electron chi connectivity index (χ4n) is 1.85. The maximum Gasteiger partial charge on any atom is 0.225 e. The predicted molar refractivity (Wildman–Crippen MR) is 94.0 cm³/mol. The summed E-state index contributed by atoms with van der Waals surface area (Å²) in [6.07, 6.45) is 2.43. The Morgan fingerprint density at radius 2 is 1.86 bits per heavy atom. The monoisotopic (exact) mass is 335 g/mol. The first kappa shape index (κ1) is 16.9. The SMILES string of the molecule is CSc1ccc(CSCCC(=O)Nc2ccccc2F)cc1. The van der Waals surface area contributed by atoms with Crippen molar-refractivity contribution in [1.82, 2.24) is 0 Å². The first-order valence-corrected chi connectivity index (χ1v) is 9.32. The molecule has 0 aliphatic rings. The Balaban J connectivity index is 1.69. The molecule has 0 saturated heterocycles. The zero-order chi connectivity index (χ0) is 15.8. The molecule has 2 rings (SSSR count). The fraction of sp³-hybridized carbons (Fsp3) is 0.235. The highest BCUT2D eigenvalue weighted by molar-refractivity contribution is 7.98. The molecule has 0 spiro atoms. The van der Waals surface area contributed by atoms with E-state index in [9.17, 15) is 9.18 Å². The highest BCUT2D eigenvalue weighted by Gasteiger charge is 2.06. The minimum absolute atomic E-state index is 0.157. The lowest BCUT2D eigenvalue weighted by molar-refractivity contribution is -0.115. The van der Waals surface area contributed by atoms with Gasteiger partial charge in [-0.1, -0.05) is 24.3 Å². The Kier molecular flexibility index (Phi) is 6.80. The highest BCUT2D eigenvalue weighted by Crippen LogP contribution is 2.19. The van der Waals surface area contributed by atoms with E-state index in [0.29, 0.717) is 12.2 Å². The summed E-state index contributed by atoms with van der Waals surface area (Å²) in [5.41, 5.74) is 1.49. The van der Waals surface area contributed by atoms with Gasteiger partial charge in [-0.05, 0) is 36.1 Å². The van der Waals surface area contributed by atoms with Gasteiger partial charge in [0.1, 0.15) is 5.82 Å². The van der Waals surface area contributed by atoms with Gasteiger partial charge in [0.05, 0.1) is 5.69 Å². The Morgan fingerprint density at radius 3 is 2.55 bits per heavy atom. The van der Waals surface area contributed by atoms with Crippen molar-refractivity contribution in [1.29, 1.82) is 0 Å². The van der Waals surface area contributed by atoms with Crippen molar-refractivity contribution in [2.45, 2.75) is 17.1 Å². The number of benzene rings is 2. The second-order valence-electron chi connectivity index (χ2n) is 4.68. The van der Waals surface area contributed by atoms with E-state index in [1.165, 1.54) is 16.5 Å². The van der Waals surface area contributed by atoms with Gasteiger partial charge in [0.15, 0.2) is 0 Å². The van der Waals surface area contributed by atoms with E-state index in [0.717, 1.165) is 5.75 Å². The second-order valence-corrected chi connectivity index (χ2v) is 6.66. The number of amides is 1. The van der Waals surface area contributed by atoms with Gasteiger partial charge in [-0.2, -0.15) is 11.8 Å². The molecule has 0 aliphatic heterocycles. The van der Waals surface area contributed by atoms with E-state index >= 15 is 0 Å². The Morgan fingerprint density at radius 1 is 1.14 bits per heavy atom. The number of carbonyl (C=O) groups is 1. The second kappa shape index (κ2) is 8.86. The Labute approximate surface area is 138 Å². The van der Waals surface area contributed by atoms with Crippen LogP contribution in [0.3, 0.4) is 0 Å². The van der Waals surface area contributed by atoms with Crippen LogP contribution >= 0.6 is 23.5 Å². The molecule has 1 N–H and O–H groups in total. The van der Waals surface area contributed by atoms with Crippen molar-refractivity contribution in [3.63, 3.8) is 0 Å². The highest BCUT2D eigenvalue weighted by atomic mass is 32.2. The van der Waals surface area contributed by atoms with Crippen LogP contribution in [0.1, 0.15) is 12.0 Å². The minimum atomic E-state index is -0.405. The molecule has 0 bridgehead atoms. The molecule has 2 aromatic rings. The number of rotatable bonds is 7. The molecule has 0 atom stereocenters. The maximum atomic E-state index is 13.4. The summed E-state index contributed by atoms with van der Waals surface area (Å²) in [4.78, 5) is 13.0. The number of thioether (sulfide) groups is 2. The Hall–Kier alpha value is -1.46. The van der Waals surface area contributed by atoms with Crippen LogP contribution in [0.2, 0.25) is 0 Å². The number of nitrogens with one attached hydrogen (secondary N) is 1. The lowest BCUT2D eigenvalue weighted by Crippen LogP contribution is -2.13. The van der Waals surface area contributed by atoms with Gasteiger partial charge < -0.3 is 5.32 Å². The van der Waals surface area contributed by atoms with Crippen molar-refractivity contribution in [3.05, 3.63) is 59.9 Å². The molecule has 5 heteroatoms. The van der Waals surface area contributed by atoms with Crippen molar-refractivity contribution >= 4 is 35.1 Å². The summed E-state index contributed by atoms with van der Waals surface area (Å²) in [5, 5.41) is 2.59. The van der Waals surface area contributed by atoms with E-state index in [1.807, 2.05) is 0 Å². The van der Waals surface area contributed by atoms with Gasteiger partial charge in [-0.15, -0.1) is 11.8 Å². The number of hydrogen-bond donors (Lipinski definition) is 1. The van der Waals surface area contributed by atoms with Crippen molar-refractivity contribution in [3.8, 4) is 0 Å². The number of carbonyl (C=O) groups excluding carboxylic acids is 1. The van der Waals surface area contributed by atoms with Gasteiger partial charge in [0.25, 0.3) is 0 Å². The average Bonchev–Trinajstić information content (AvgIpc) is 2.54. The summed E-state index contributed by atoms with van der Waals surface area (Å²) in [6, 6.07) is 14.6. The van der Waals surface area contributed by atoms with Gasteiger partial charge in [0.2, 0.25) is 5.91 Å². The summed E-state index contributed by atoms with van der Waals surface area (Å²) in [6.45, 7) is 0. The molecular weight excluding hydrogens is 317 g/mol. The predicted octanol–water partition coefficient (Wildman–Crippen LogP) is 4.81. The molecule has 2 nitrogen and oxygen atoms in total. The van der Waals surface area contributed by atoms with Gasteiger partial charge >= 0.3 is 0 Å². The minimum Gasteiger partial charge on any atom is -0.324 e. The van der Waals surface area contributed by atoms with E-state index < -0.39 is 5.82 Å². The van der Waals surface area contributed by atoms with Crippen LogP contribution in [0.4, 0.5) is 10.1 Å². The third kappa shape index (κ3) is 5.39. The summed E-state index contributed by atoms with van der Waals surface area (Å²) in [5.74, 6) is 1.03. The van der Waals surface area contributed by atoms with E-state index in [4.69, 9.17) is 0 Å². The third-order valence-corrected chi connectivity index (χ3v) is 4.82. The van der Waals surface area contributed by atoms with Gasteiger partial charge in [-0.3, -0.25) is 4.79 Å². The smallest absolute Gasteiger partial charge is 0.225 e. The molecule has 0 saturated carbocycles. The number of halogens is 1. The van der Waals surface area contributed by atoms with Crippen molar-refractivity contribution in [2.75, 3.05) is 17.3 Å². The third-order valence-electron chi connectivity index (χ3n) is 3.05. The standard InChI is InChI=1S/C17H18FNOS2/c1-21-14-8-6-13(7-9-14)12-22-11-10-17(20)19-16-5-3-2-4-15(16)18/h2-9H,10-12H2,1H3,(H,19,20). The van der Waals surface area contributed by atoms with Crippen LogP contribution in [-0.4, -0.2) is 17.9 Å². The van der Waals surface area contributed by atoms with Crippen molar-refractivity contribution < 1.29 is 9.18 Å². The molecule has 116 valence electrons. The van der Waals surface area contributed by atoms with Gasteiger partial charge in [-0.25, -0.2) is 4.39 Å². The molecule has 0 aromatic heterocycles. The zero-order valence-electron chi connectivity index (χ0n) is 12.3. The normalized spacial score (nSPS) is 10.5. The van der Waals surface area contributed by atoms with Crippen LogP contribution < -0.4 is 5.32 Å². The van der Waals surface area contributed by atoms with E-state index in [2.05, 4.69) is 35.8 Å². The van der Waals surface area contributed by atoms with Crippen LogP contribution in [0, 0.1) is 5.82 Å². The molecule has 0 radical (unpaired) electrons. The average molecular weight is 335 g/mol. The maximum absolute atomic E-state index is 13.4. The number of hydrogen-bond acceptors (Lipinski definition) is 3. The van der Waals surface area contributed by atoms with Crippen LogP contribution in [-0.2, 0) is 10.5 Å². The van der Waals surface area contributed by atoms with Crippen LogP contribution in [0.5, 0.6) is 0 Å². The summed E-state index contributed by atoms with van der Waals surface area (Å²) >= 11 is 3.42. The lowest BCUT2D eigenvalue weighted by atomic mass is 10.2. The lowest BCUT2D eigenvalue weighted by Gasteiger charge is -2.06. The van der Waals surface area contributed by atoms with Gasteiger partial charge in [0, 0.05) is 22.8 Å². The van der Waals surface area contributed by atoms with E-state index in [-0.39, 0.29) is 11.6 Å². The molecule has 0 aliphatic carbocycles. The molecular formula is C17H18FNOS2. The molecule has 2 aromatic carbocycles. The molecule has 22 heavy (non-hydrogen) atoms. The van der Waals surface area contributed by atoms with Crippen molar-refractivity contribution in [2.24, 2.45) is 0 Å². The Bertz CT molecular complexity index is 616. The largest absolute Gasteiger partial charge is 0.324 e. The number of para-hydroxylation sites is 1. The van der Waals surface area contributed by atoms with E-state index in [1.54, 1.807) is 41.7 Å². The quantitative estimate of drug-likeness (QED) is 0.581. The fourth-order valence-corrected chi connectivity index (χ4v) is 3.16. The zero-order valence-corrected chi connectivity index (χ0v) is 14.0. The molecule has 0 fully saturated rings. The molecule has 0 unspecified atom stereocenters. The topological polar surface area (TPSA) is 29.1 Å². The first-order valence-electron chi connectivity index (χ1n) is 6.94. The number of anilines is 1. The first-order chi connectivity index (χ1) is 10.7.